The molecule has 2 rings (SSSR count). The van der Waals surface area contributed by atoms with E-state index in [4.69, 9.17) is 9.47 Å². The minimum atomic E-state index is 0.0804. The van der Waals surface area contributed by atoms with Crippen LogP contribution in [0.3, 0.4) is 0 Å². The lowest BCUT2D eigenvalue weighted by molar-refractivity contribution is -0.122. The first kappa shape index (κ1) is 16.6. The normalized spacial score (nSPS) is 15.3. The molecule has 1 aromatic carbocycles. The third kappa shape index (κ3) is 5.91. The van der Waals surface area contributed by atoms with Gasteiger partial charge >= 0.3 is 0 Å². The Morgan fingerprint density at radius 3 is 2.59 bits per heavy atom. The predicted molar refractivity (Wildman–Crippen MR) is 85.2 cm³/mol. The first-order valence-corrected chi connectivity index (χ1v) is 7.74. The van der Waals surface area contributed by atoms with Crippen molar-refractivity contribution in [1.82, 2.24) is 15.5 Å². The highest BCUT2D eigenvalue weighted by atomic mass is 16.5. The first-order chi connectivity index (χ1) is 10.8. The number of benzene rings is 1. The number of nitrogens with one attached hydrogen (secondary N) is 2. The monoisotopic (exact) mass is 307 g/mol. The zero-order valence-electron chi connectivity index (χ0n) is 13.1. The molecule has 1 aliphatic heterocycles. The van der Waals surface area contributed by atoms with Crippen LogP contribution in [0.4, 0.5) is 0 Å². The third-order valence-corrected chi connectivity index (χ3v) is 3.59. The highest BCUT2D eigenvalue weighted by Crippen LogP contribution is 2.17. The number of nitrogens with zero attached hydrogens (tertiary/aromatic N) is 1. The Labute approximate surface area is 131 Å². The average Bonchev–Trinajstić information content (AvgIpc) is 2.58. The summed E-state index contributed by atoms with van der Waals surface area (Å²) in [5, 5.41) is 6.24. The van der Waals surface area contributed by atoms with E-state index in [1.165, 1.54) is 0 Å². The zero-order valence-corrected chi connectivity index (χ0v) is 13.1. The summed E-state index contributed by atoms with van der Waals surface area (Å²) in [6.07, 6.45) is 1.20. The molecule has 0 aromatic heterocycles. The van der Waals surface area contributed by atoms with E-state index in [2.05, 4.69) is 15.5 Å². The van der Waals surface area contributed by atoms with E-state index < -0.39 is 0 Å². The minimum absolute atomic E-state index is 0.0804. The van der Waals surface area contributed by atoms with E-state index in [9.17, 15) is 4.79 Å². The smallest absolute Gasteiger partial charge is 0.221 e. The van der Waals surface area contributed by atoms with Crippen LogP contribution in [0, 0.1) is 0 Å². The van der Waals surface area contributed by atoms with Gasteiger partial charge in [0, 0.05) is 32.6 Å². The van der Waals surface area contributed by atoms with Crippen LogP contribution in [-0.2, 0) is 4.79 Å². The van der Waals surface area contributed by atoms with Crippen molar-refractivity contribution in [3.63, 3.8) is 0 Å². The van der Waals surface area contributed by atoms with Crippen LogP contribution in [0.25, 0.3) is 0 Å². The summed E-state index contributed by atoms with van der Waals surface area (Å²) in [5.74, 6) is 1.68. The molecule has 0 saturated carbocycles. The number of hydrogen-bond acceptors (Lipinski definition) is 5. The molecule has 22 heavy (non-hydrogen) atoms. The van der Waals surface area contributed by atoms with Gasteiger partial charge in [0.15, 0.2) is 0 Å². The van der Waals surface area contributed by atoms with Gasteiger partial charge in [0.05, 0.1) is 20.4 Å². The van der Waals surface area contributed by atoms with Crippen LogP contribution >= 0.6 is 0 Å². The quantitative estimate of drug-likeness (QED) is 0.697. The molecular weight excluding hydrogens is 282 g/mol. The molecule has 0 bridgehead atoms. The fourth-order valence-corrected chi connectivity index (χ4v) is 2.25. The van der Waals surface area contributed by atoms with Crippen LogP contribution in [0.5, 0.6) is 11.5 Å². The van der Waals surface area contributed by atoms with Crippen molar-refractivity contribution in [3.05, 3.63) is 24.3 Å². The second-order valence-electron chi connectivity index (χ2n) is 5.25. The van der Waals surface area contributed by atoms with Gasteiger partial charge in [-0.1, -0.05) is 0 Å². The summed E-state index contributed by atoms with van der Waals surface area (Å²) >= 11 is 0. The van der Waals surface area contributed by atoms with E-state index in [0.29, 0.717) is 26.1 Å². The van der Waals surface area contributed by atoms with Gasteiger partial charge < -0.3 is 20.1 Å². The molecule has 1 amide bonds. The van der Waals surface area contributed by atoms with Crippen molar-refractivity contribution in [2.24, 2.45) is 0 Å². The highest BCUT2D eigenvalue weighted by molar-refractivity contribution is 5.75. The highest BCUT2D eigenvalue weighted by Gasteiger charge is 2.10. The van der Waals surface area contributed by atoms with Crippen LogP contribution < -0.4 is 20.1 Å². The van der Waals surface area contributed by atoms with Crippen LogP contribution in [0.1, 0.15) is 12.8 Å². The summed E-state index contributed by atoms with van der Waals surface area (Å²) in [6.45, 7) is 5.13. The Balaban J connectivity index is 1.54. The van der Waals surface area contributed by atoms with E-state index in [-0.39, 0.29) is 5.91 Å². The van der Waals surface area contributed by atoms with Gasteiger partial charge in [-0.05, 0) is 30.7 Å². The number of piperazine rings is 1. The lowest BCUT2D eigenvalue weighted by Crippen LogP contribution is -2.48. The maximum Gasteiger partial charge on any atom is 0.221 e. The summed E-state index contributed by atoms with van der Waals surface area (Å²) < 4.78 is 10.7. The minimum Gasteiger partial charge on any atom is -0.497 e. The molecule has 1 heterocycles. The van der Waals surface area contributed by atoms with Gasteiger partial charge in [0.1, 0.15) is 11.5 Å². The molecule has 0 unspecified atom stereocenters. The third-order valence-electron chi connectivity index (χ3n) is 3.59. The van der Waals surface area contributed by atoms with E-state index in [1.807, 2.05) is 24.3 Å². The molecule has 1 saturated heterocycles. The molecule has 122 valence electrons. The van der Waals surface area contributed by atoms with Gasteiger partial charge in [-0.25, -0.2) is 0 Å². The van der Waals surface area contributed by atoms with Gasteiger partial charge in [-0.3, -0.25) is 9.69 Å². The largest absolute Gasteiger partial charge is 0.497 e. The predicted octanol–water partition coefficient (Wildman–Crippen LogP) is 0.833. The topological polar surface area (TPSA) is 62.8 Å². The Morgan fingerprint density at radius 1 is 1.23 bits per heavy atom. The van der Waals surface area contributed by atoms with E-state index in [1.54, 1.807) is 7.11 Å². The molecule has 1 aliphatic rings. The number of carbonyl (C=O) groups excluding carboxylic acids is 1. The number of methoxy groups -OCH3 is 1. The molecule has 0 aliphatic carbocycles. The fraction of sp³-hybridized carbons (Fsp3) is 0.562. The SMILES string of the molecule is COc1ccc(OCCCC(=O)NCN2CCNCC2)cc1. The number of hydrogen-bond donors (Lipinski definition) is 2. The Morgan fingerprint density at radius 2 is 1.91 bits per heavy atom. The summed E-state index contributed by atoms with van der Waals surface area (Å²) in [6, 6.07) is 7.44. The molecule has 1 fully saturated rings. The molecule has 0 radical (unpaired) electrons. The molecule has 2 N–H and O–H groups in total. The maximum absolute atomic E-state index is 11.8. The van der Waals surface area contributed by atoms with Crippen molar-refractivity contribution in [2.45, 2.75) is 12.8 Å². The number of amides is 1. The van der Waals surface area contributed by atoms with Gasteiger partial charge in [-0.15, -0.1) is 0 Å². The Hall–Kier alpha value is -1.79. The Bertz CT molecular complexity index is 444. The molecule has 6 nitrogen and oxygen atoms in total. The van der Waals surface area contributed by atoms with Gasteiger partial charge in [0.25, 0.3) is 0 Å². The van der Waals surface area contributed by atoms with Crippen LogP contribution in [-0.4, -0.2) is 57.4 Å². The lowest BCUT2D eigenvalue weighted by atomic mass is 10.3. The van der Waals surface area contributed by atoms with Gasteiger partial charge in [-0.2, -0.15) is 0 Å². The van der Waals surface area contributed by atoms with Crippen LogP contribution in [0.2, 0.25) is 0 Å². The standard InChI is InChI=1S/C16H25N3O3/c1-21-14-4-6-15(7-5-14)22-12-2-3-16(20)18-13-19-10-8-17-9-11-19/h4-7,17H,2-3,8-13H2,1H3,(H,18,20). The number of ether oxygens (including phenoxy) is 2. The van der Waals surface area contributed by atoms with Crippen molar-refractivity contribution in [1.29, 1.82) is 0 Å². The van der Waals surface area contributed by atoms with Crippen molar-refractivity contribution in [3.8, 4) is 11.5 Å². The van der Waals surface area contributed by atoms with Crippen LogP contribution in [0.15, 0.2) is 24.3 Å². The summed E-state index contributed by atoms with van der Waals surface area (Å²) in [4.78, 5) is 14.0. The maximum atomic E-state index is 11.8. The van der Waals surface area contributed by atoms with Gasteiger partial charge in [0.2, 0.25) is 5.91 Å². The van der Waals surface area contributed by atoms with Crippen molar-refractivity contribution in [2.75, 3.05) is 46.6 Å². The number of rotatable bonds is 8. The first-order valence-electron chi connectivity index (χ1n) is 7.74. The lowest BCUT2D eigenvalue weighted by Gasteiger charge is -2.27. The Kier molecular flexibility index (Phi) is 6.99. The average molecular weight is 307 g/mol. The second-order valence-corrected chi connectivity index (χ2v) is 5.25. The molecule has 0 spiro atoms. The zero-order chi connectivity index (χ0) is 15.6. The molecule has 6 heteroatoms. The molecular formula is C16H25N3O3. The summed E-state index contributed by atoms with van der Waals surface area (Å²) in [7, 11) is 1.63. The van der Waals surface area contributed by atoms with Crippen molar-refractivity contribution >= 4 is 5.91 Å². The second kappa shape index (κ2) is 9.27. The molecule has 1 aromatic rings. The van der Waals surface area contributed by atoms with Crippen molar-refractivity contribution < 1.29 is 14.3 Å². The van der Waals surface area contributed by atoms with E-state index >= 15 is 0 Å². The molecule has 0 atom stereocenters. The number of carbonyl (C=O) groups is 1. The fourth-order valence-electron chi connectivity index (χ4n) is 2.25. The summed E-state index contributed by atoms with van der Waals surface area (Å²) in [5.41, 5.74) is 0. The van der Waals surface area contributed by atoms with E-state index in [0.717, 1.165) is 37.7 Å².